The number of nitrogens with two attached hydrogens (primary N) is 1. The molecule has 0 aromatic carbocycles. The third-order valence-corrected chi connectivity index (χ3v) is 5.03. The van der Waals surface area contributed by atoms with E-state index in [-0.39, 0.29) is 5.54 Å². The van der Waals surface area contributed by atoms with Crippen LogP contribution in [0.1, 0.15) is 61.4 Å². The van der Waals surface area contributed by atoms with E-state index in [0.717, 1.165) is 13.0 Å². The minimum Gasteiger partial charge on any atom is -0.325 e. The molecule has 1 aliphatic carbocycles. The van der Waals surface area contributed by atoms with Gasteiger partial charge in [-0.15, -0.1) is 11.3 Å². The fraction of sp³-hybridized carbons (Fsp3) is 0.786. The van der Waals surface area contributed by atoms with Crippen LogP contribution in [0, 0.1) is 6.92 Å². The second-order valence-corrected chi connectivity index (χ2v) is 6.92. The van der Waals surface area contributed by atoms with E-state index in [1.807, 2.05) is 6.20 Å². The van der Waals surface area contributed by atoms with Crippen LogP contribution in [0.5, 0.6) is 0 Å². The molecule has 4 heteroatoms. The van der Waals surface area contributed by atoms with Gasteiger partial charge in [-0.1, -0.05) is 19.3 Å². The molecular weight excluding hydrogens is 242 g/mol. The summed E-state index contributed by atoms with van der Waals surface area (Å²) in [7, 11) is 0. The van der Waals surface area contributed by atoms with Crippen LogP contribution in [-0.2, 0) is 0 Å². The molecule has 1 aromatic heterocycles. The first-order valence-electron chi connectivity index (χ1n) is 7.04. The van der Waals surface area contributed by atoms with E-state index in [9.17, 15) is 0 Å². The van der Waals surface area contributed by atoms with Gasteiger partial charge in [0, 0.05) is 16.6 Å². The Morgan fingerprint density at radius 2 is 2.17 bits per heavy atom. The normalized spacial score (nSPS) is 20.8. The highest BCUT2D eigenvalue weighted by atomic mass is 32.1. The number of aromatic nitrogens is 1. The summed E-state index contributed by atoms with van der Waals surface area (Å²) in [6.45, 7) is 5.28. The van der Waals surface area contributed by atoms with Gasteiger partial charge in [0.05, 0.1) is 6.04 Å². The van der Waals surface area contributed by atoms with Crippen LogP contribution < -0.4 is 11.1 Å². The molecule has 0 radical (unpaired) electrons. The lowest BCUT2D eigenvalue weighted by molar-refractivity contribution is 0.272. The van der Waals surface area contributed by atoms with E-state index in [2.05, 4.69) is 24.1 Å². The lowest BCUT2D eigenvalue weighted by Gasteiger charge is -2.33. The molecule has 1 fully saturated rings. The highest BCUT2D eigenvalue weighted by molar-refractivity contribution is 7.11. The zero-order valence-corrected chi connectivity index (χ0v) is 12.4. The molecule has 0 amide bonds. The second-order valence-electron chi connectivity index (χ2n) is 5.66. The number of thiazole rings is 1. The molecule has 0 saturated heterocycles. The zero-order chi connectivity index (χ0) is 13.0. The number of hydrogen-bond donors (Lipinski definition) is 2. The van der Waals surface area contributed by atoms with Crippen LogP contribution in [0.3, 0.4) is 0 Å². The van der Waals surface area contributed by atoms with Crippen molar-refractivity contribution >= 4 is 11.3 Å². The van der Waals surface area contributed by atoms with E-state index >= 15 is 0 Å². The summed E-state index contributed by atoms with van der Waals surface area (Å²) in [5.74, 6) is 0. The van der Waals surface area contributed by atoms with Crippen molar-refractivity contribution in [1.29, 1.82) is 0 Å². The standard InChI is InChI=1S/C14H25N3S/c1-11-10-17-13(18-11)12(2)16-9-8-14(15)6-4-3-5-7-14/h10,12,16H,3-9,15H2,1-2H3. The van der Waals surface area contributed by atoms with Crippen molar-refractivity contribution in [3.05, 3.63) is 16.1 Å². The molecule has 0 spiro atoms. The van der Waals surface area contributed by atoms with Gasteiger partial charge >= 0.3 is 0 Å². The topological polar surface area (TPSA) is 50.9 Å². The molecule has 3 N–H and O–H groups in total. The van der Waals surface area contributed by atoms with Gasteiger partial charge in [0.1, 0.15) is 5.01 Å². The summed E-state index contributed by atoms with van der Waals surface area (Å²) in [4.78, 5) is 5.70. The molecule has 0 bridgehead atoms. The third-order valence-electron chi connectivity index (χ3n) is 3.93. The molecule has 3 nitrogen and oxygen atoms in total. The van der Waals surface area contributed by atoms with Crippen molar-refractivity contribution in [3.63, 3.8) is 0 Å². The van der Waals surface area contributed by atoms with Gasteiger partial charge in [-0.25, -0.2) is 4.98 Å². The number of nitrogens with one attached hydrogen (secondary N) is 1. The zero-order valence-electron chi connectivity index (χ0n) is 11.5. The largest absolute Gasteiger partial charge is 0.325 e. The van der Waals surface area contributed by atoms with Crippen LogP contribution in [0.15, 0.2) is 6.20 Å². The molecule has 0 aliphatic heterocycles. The van der Waals surface area contributed by atoms with Crippen LogP contribution in [0.4, 0.5) is 0 Å². The van der Waals surface area contributed by atoms with Gasteiger partial charge in [-0.2, -0.15) is 0 Å². The van der Waals surface area contributed by atoms with Crippen molar-refractivity contribution in [2.24, 2.45) is 5.73 Å². The molecule has 1 aliphatic rings. The predicted molar refractivity (Wildman–Crippen MR) is 77.9 cm³/mol. The van der Waals surface area contributed by atoms with E-state index in [4.69, 9.17) is 5.73 Å². The summed E-state index contributed by atoms with van der Waals surface area (Å²) in [5.41, 5.74) is 6.52. The Morgan fingerprint density at radius 1 is 1.44 bits per heavy atom. The van der Waals surface area contributed by atoms with Gasteiger partial charge in [0.25, 0.3) is 0 Å². The van der Waals surface area contributed by atoms with Crippen LogP contribution in [0.2, 0.25) is 0 Å². The summed E-state index contributed by atoms with van der Waals surface area (Å²) >= 11 is 1.78. The lowest BCUT2D eigenvalue weighted by atomic mass is 9.80. The number of aryl methyl sites for hydroxylation is 1. The maximum absolute atomic E-state index is 6.44. The van der Waals surface area contributed by atoms with E-state index < -0.39 is 0 Å². The average molecular weight is 267 g/mol. The monoisotopic (exact) mass is 267 g/mol. The van der Waals surface area contributed by atoms with Crippen molar-refractivity contribution in [2.75, 3.05) is 6.54 Å². The first-order chi connectivity index (χ1) is 8.59. The SMILES string of the molecule is Cc1cnc(C(C)NCCC2(N)CCCCC2)s1. The highest BCUT2D eigenvalue weighted by Gasteiger charge is 2.26. The maximum Gasteiger partial charge on any atom is 0.109 e. The van der Waals surface area contributed by atoms with Crippen molar-refractivity contribution in [1.82, 2.24) is 10.3 Å². The minimum atomic E-state index is 0.0871. The summed E-state index contributed by atoms with van der Waals surface area (Å²) in [6.07, 6.45) is 9.39. The maximum atomic E-state index is 6.44. The Morgan fingerprint density at radius 3 is 2.78 bits per heavy atom. The van der Waals surface area contributed by atoms with Crippen LogP contribution >= 0.6 is 11.3 Å². The predicted octanol–water partition coefficient (Wildman–Crippen LogP) is 3.15. The van der Waals surface area contributed by atoms with E-state index in [1.165, 1.54) is 42.0 Å². The van der Waals surface area contributed by atoms with Crippen molar-refractivity contribution in [2.45, 2.75) is 64.0 Å². The van der Waals surface area contributed by atoms with Crippen molar-refractivity contribution < 1.29 is 0 Å². The smallest absolute Gasteiger partial charge is 0.109 e. The van der Waals surface area contributed by atoms with Crippen molar-refractivity contribution in [3.8, 4) is 0 Å². The molecule has 1 unspecified atom stereocenters. The van der Waals surface area contributed by atoms with Gasteiger partial charge < -0.3 is 11.1 Å². The lowest BCUT2D eigenvalue weighted by Crippen LogP contribution is -2.44. The second kappa shape index (κ2) is 6.13. The van der Waals surface area contributed by atoms with Crippen LogP contribution in [0.25, 0.3) is 0 Å². The quantitative estimate of drug-likeness (QED) is 0.861. The molecular formula is C14H25N3S. The Balaban J connectivity index is 1.74. The third kappa shape index (κ3) is 3.77. The van der Waals surface area contributed by atoms with E-state index in [0.29, 0.717) is 6.04 Å². The van der Waals surface area contributed by atoms with Gasteiger partial charge in [-0.3, -0.25) is 0 Å². The summed E-state index contributed by atoms with van der Waals surface area (Å²) in [5, 5.41) is 4.74. The van der Waals surface area contributed by atoms with Crippen LogP contribution in [-0.4, -0.2) is 17.1 Å². The molecule has 1 atom stereocenters. The average Bonchev–Trinajstić information content (AvgIpc) is 2.76. The minimum absolute atomic E-state index is 0.0871. The first-order valence-corrected chi connectivity index (χ1v) is 7.85. The molecule has 18 heavy (non-hydrogen) atoms. The Labute approximate surface area is 114 Å². The summed E-state index contributed by atoms with van der Waals surface area (Å²) in [6, 6.07) is 0.343. The number of hydrogen-bond acceptors (Lipinski definition) is 4. The number of rotatable bonds is 5. The molecule has 1 aromatic rings. The Kier molecular flexibility index (Phi) is 4.76. The molecule has 102 valence electrons. The Hall–Kier alpha value is -0.450. The molecule has 2 rings (SSSR count). The highest BCUT2D eigenvalue weighted by Crippen LogP contribution is 2.28. The molecule has 1 heterocycles. The number of nitrogens with zero attached hydrogens (tertiary/aromatic N) is 1. The Bertz CT molecular complexity index is 369. The molecule has 1 saturated carbocycles. The fourth-order valence-electron chi connectivity index (χ4n) is 2.70. The van der Waals surface area contributed by atoms with Gasteiger partial charge in [0.2, 0.25) is 0 Å². The van der Waals surface area contributed by atoms with Gasteiger partial charge in [-0.05, 0) is 39.7 Å². The fourth-order valence-corrected chi connectivity index (χ4v) is 3.50. The van der Waals surface area contributed by atoms with Gasteiger partial charge in [0.15, 0.2) is 0 Å². The van der Waals surface area contributed by atoms with E-state index in [1.54, 1.807) is 11.3 Å². The first kappa shape index (κ1) is 14.0. The summed E-state index contributed by atoms with van der Waals surface area (Å²) < 4.78 is 0.